The molecule has 0 atom stereocenters. The molecule has 1 aromatic heterocycles. The van der Waals surface area contributed by atoms with Crippen LogP contribution in [0.1, 0.15) is 34.5 Å². The van der Waals surface area contributed by atoms with Gasteiger partial charge in [0, 0.05) is 18.1 Å². The van der Waals surface area contributed by atoms with Gasteiger partial charge >= 0.3 is 0 Å². The molecule has 1 fully saturated rings. The Bertz CT molecular complexity index is 718. The van der Waals surface area contributed by atoms with E-state index in [4.69, 9.17) is 17.3 Å². The molecule has 6 heteroatoms. The van der Waals surface area contributed by atoms with Crippen LogP contribution in [0.3, 0.4) is 0 Å². The Morgan fingerprint density at radius 3 is 2.61 bits per heavy atom. The molecule has 120 valence electrons. The average Bonchev–Trinajstić information content (AvgIpc) is 2.97. The molecule has 0 aliphatic carbocycles. The Morgan fingerprint density at radius 2 is 1.91 bits per heavy atom. The zero-order chi connectivity index (χ0) is 16.2. The maximum absolute atomic E-state index is 12.4. The fraction of sp³-hybridized carbons (Fsp3) is 0.294. The van der Waals surface area contributed by atoms with E-state index in [9.17, 15) is 4.79 Å². The topological polar surface area (TPSA) is 59.2 Å². The van der Waals surface area contributed by atoms with E-state index < -0.39 is 0 Å². The molecule has 3 rings (SSSR count). The van der Waals surface area contributed by atoms with Gasteiger partial charge in [0.05, 0.1) is 0 Å². The van der Waals surface area contributed by atoms with E-state index in [2.05, 4.69) is 9.88 Å². The van der Waals surface area contributed by atoms with Gasteiger partial charge in [-0.3, -0.25) is 4.79 Å². The minimum Gasteiger partial charge on any atom is -0.382 e. The van der Waals surface area contributed by atoms with Crippen LogP contribution in [0.5, 0.6) is 0 Å². The highest BCUT2D eigenvalue weighted by molar-refractivity contribution is 7.18. The lowest BCUT2D eigenvalue weighted by atomic mass is 10.1. The molecule has 0 spiro atoms. The largest absolute Gasteiger partial charge is 0.382 e. The molecule has 0 saturated carbocycles. The summed E-state index contributed by atoms with van der Waals surface area (Å²) in [6.07, 6.45) is 6.89. The zero-order valence-corrected chi connectivity index (χ0v) is 14.2. The number of nitrogens with zero attached hydrogens (tertiary/aromatic N) is 2. The standard InChI is InChI=1S/C17H18ClN3OS/c18-13-7-4-12(5-8-13)6-9-14(22)15-16(19)20-17(23-15)21-10-2-1-3-11-21/h4-9H,1-3,10-11,19H2/b9-6+. The number of carbonyl (C=O) groups is 1. The highest BCUT2D eigenvalue weighted by Crippen LogP contribution is 2.30. The summed E-state index contributed by atoms with van der Waals surface area (Å²) in [4.78, 5) is 19.5. The Labute approximate surface area is 144 Å². The quantitative estimate of drug-likeness (QED) is 0.663. The van der Waals surface area contributed by atoms with Crippen LogP contribution in [0.25, 0.3) is 6.08 Å². The molecule has 0 bridgehead atoms. The van der Waals surface area contributed by atoms with E-state index in [0.717, 1.165) is 23.8 Å². The van der Waals surface area contributed by atoms with Crippen LogP contribution in [0.2, 0.25) is 5.02 Å². The molecule has 0 unspecified atom stereocenters. The highest BCUT2D eigenvalue weighted by Gasteiger charge is 2.19. The summed E-state index contributed by atoms with van der Waals surface area (Å²) in [6, 6.07) is 7.31. The third kappa shape index (κ3) is 3.92. The Kier molecular flexibility index (Phi) is 4.98. The number of thiazole rings is 1. The normalized spacial score (nSPS) is 15.3. The molecule has 1 aromatic carbocycles. The second-order valence-corrected chi connectivity index (χ2v) is 6.92. The van der Waals surface area contributed by atoms with Crippen LogP contribution in [0, 0.1) is 0 Å². The number of aromatic nitrogens is 1. The van der Waals surface area contributed by atoms with Crippen molar-refractivity contribution in [3.05, 3.63) is 45.8 Å². The predicted molar refractivity (Wildman–Crippen MR) is 97.4 cm³/mol. The minimum atomic E-state index is -0.113. The van der Waals surface area contributed by atoms with Crippen molar-refractivity contribution in [3.8, 4) is 0 Å². The van der Waals surface area contributed by atoms with Gasteiger partial charge in [0.1, 0.15) is 10.7 Å². The average molecular weight is 348 g/mol. The van der Waals surface area contributed by atoms with Crippen LogP contribution in [-0.4, -0.2) is 23.9 Å². The summed E-state index contributed by atoms with van der Waals surface area (Å²) < 4.78 is 0. The summed E-state index contributed by atoms with van der Waals surface area (Å²) in [5, 5.41) is 1.52. The van der Waals surface area contributed by atoms with Crippen molar-refractivity contribution in [3.63, 3.8) is 0 Å². The molecule has 0 amide bonds. The molecular formula is C17H18ClN3OS. The Morgan fingerprint density at radius 1 is 1.22 bits per heavy atom. The van der Waals surface area contributed by atoms with Crippen molar-refractivity contribution in [2.45, 2.75) is 19.3 Å². The first-order valence-corrected chi connectivity index (χ1v) is 8.82. The van der Waals surface area contributed by atoms with Crippen molar-refractivity contribution >= 4 is 45.7 Å². The number of piperidine rings is 1. The number of carbonyl (C=O) groups excluding carboxylic acids is 1. The van der Waals surface area contributed by atoms with Crippen molar-refractivity contribution in [1.82, 2.24) is 4.98 Å². The van der Waals surface area contributed by atoms with Gasteiger partial charge in [0.25, 0.3) is 0 Å². The summed E-state index contributed by atoms with van der Waals surface area (Å²) >= 11 is 7.23. The molecule has 2 aromatic rings. The number of hydrogen-bond acceptors (Lipinski definition) is 5. The number of anilines is 2. The number of halogens is 1. The second kappa shape index (κ2) is 7.15. The smallest absolute Gasteiger partial charge is 0.199 e. The number of hydrogen-bond donors (Lipinski definition) is 1. The van der Waals surface area contributed by atoms with Crippen molar-refractivity contribution < 1.29 is 4.79 Å². The number of nitrogens with two attached hydrogens (primary N) is 1. The van der Waals surface area contributed by atoms with Gasteiger partial charge in [-0.15, -0.1) is 0 Å². The molecule has 2 N–H and O–H groups in total. The minimum absolute atomic E-state index is 0.113. The van der Waals surface area contributed by atoms with E-state index in [-0.39, 0.29) is 5.78 Å². The monoisotopic (exact) mass is 347 g/mol. The Hall–Kier alpha value is -1.85. The molecule has 1 aliphatic rings. The van der Waals surface area contributed by atoms with Gasteiger partial charge in [-0.25, -0.2) is 4.98 Å². The molecule has 23 heavy (non-hydrogen) atoms. The second-order valence-electron chi connectivity index (χ2n) is 5.51. The van der Waals surface area contributed by atoms with E-state index in [1.54, 1.807) is 18.2 Å². The van der Waals surface area contributed by atoms with E-state index in [1.165, 1.54) is 36.7 Å². The number of rotatable bonds is 4. The fourth-order valence-electron chi connectivity index (χ4n) is 2.54. The molecule has 1 saturated heterocycles. The molecule has 2 heterocycles. The third-order valence-corrected chi connectivity index (χ3v) is 5.19. The van der Waals surface area contributed by atoms with E-state index >= 15 is 0 Å². The van der Waals surface area contributed by atoms with Crippen LogP contribution in [0.15, 0.2) is 30.3 Å². The number of benzene rings is 1. The maximum Gasteiger partial charge on any atom is 0.199 e. The summed E-state index contributed by atoms with van der Waals surface area (Å²) in [6.45, 7) is 1.97. The number of ketones is 1. The third-order valence-electron chi connectivity index (χ3n) is 3.79. The van der Waals surface area contributed by atoms with Gasteiger partial charge < -0.3 is 10.6 Å². The first kappa shape index (κ1) is 16.0. The first-order chi connectivity index (χ1) is 11.1. The molecular weight excluding hydrogens is 330 g/mol. The lowest BCUT2D eigenvalue weighted by Gasteiger charge is -2.25. The Balaban J connectivity index is 1.74. The molecule has 0 radical (unpaired) electrons. The van der Waals surface area contributed by atoms with Gasteiger partial charge in [-0.05, 0) is 43.0 Å². The molecule has 4 nitrogen and oxygen atoms in total. The van der Waals surface area contributed by atoms with Gasteiger partial charge in [0.2, 0.25) is 0 Å². The van der Waals surface area contributed by atoms with E-state index in [1.807, 2.05) is 12.1 Å². The lowest BCUT2D eigenvalue weighted by molar-refractivity contribution is 0.105. The van der Waals surface area contributed by atoms with Gasteiger partial charge in [-0.1, -0.05) is 41.1 Å². The van der Waals surface area contributed by atoms with E-state index in [0.29, 0.717) is 15.7 Å². The van der Waals surface area contributed by atoms with Crippen LogP contribution < -0.4 is 10.6 Å². The highest BCUT2D eigenvalue weighted by atomic mass is 35.5. The van der Waals surface area contributed by atoms with Crippen LogP contribution >= 0.6 is 22.9 Å². The summed E-state index contributed by atoms with van der Waals surface area (Å²) in [7, 11) is 0. The van der Waals surface area contributed by atoms with Crippen molar-refractivity contribution in [2.75, 3.05) is 23.7 Å². The zero-order valence-electron chi connectivity index (χ0n) is 12.7. The van der Waals surface area contributed by atoms with Crippen molar-refractivity contribution in [1.29, 1.82) is 0 Å². The number of nitrogen functional groups attached to an aromatic ring is 1. The van der Waals surface area contributed by atoms with Gasteiger partial charge in [0.15, 0.2) is 10.9 Å². The van der Waals surface area contributed by atoms with Crippen molar-refractivity contribution in [2.24, 2.45) is 0 Å². The first-order valence-electron chi connectivity index (χ1n) is 7.63. The number of allylic oxidation sites excluding steroid dienone is 1. The summed E-state index contributed by atoms with van der Waals surface area (Å²) in [5.41, 5.74) is 6.86. The SMILES string of the molecule is Nc1nc(N2CCCCC2)sc1C(=O)/C=C/c1ccc(Cl)cc1. The van der Waals surface area contributed by atoms with Crippen LogP contribution in [-0.2, 0) is 0 Å². The maximum atomic E-state index is 12.4. The van der Waals surface area contributed by atoms with Gasteiger partial charge in [-0.2, -0.15) is 0 Å². The molecule has 1 aliphatic heterocycles. The van der Waals surface area contributed by atoms with Crippen LogP contribution in [0.4, 0.5) is 10.9 Å². The fourth-order valence-corrected chi connectivity index (χ4v) is 3.62. The predicted octanol–water partition coefficient (Wildman–Crippen LogP) is 4.27. The lowest BCUT2D eigenvalue weighted by Crippen LogP contribution is -2.29. The summed E-state index contributed by atoms with van der Waals surface area (Å²) in [5.74, 6) is 0.208.